The third-order valence-electron chi connectivity index (χ3n) is 5.01. The molecule has 1 amide bonds. The van der Waals surface area contributed by atoms with Crippen molar-refractivity contribution >= 4 is 11.6 Å². The first-order chi connectivity index (χ1) is 11.3. The first-order valence-corrected chi connectivity index (χ1v) is 9.12. The van der Waals surface area contributed by atoms with E-state index in [1.165, 1.54) is 11.1 Å². The summed E-state index contributed by atoms with van der Waals surface area (Å²) in [7, 11) is 0. The lowest BCUT2D eigenvalue weighted by molar-refractivity contribution is -0.118. The molecule has 0 aromatic heterocycles. The zero-order valence-electron chi connectivity index (χ0n) is 15.7. The van der Waals surface area contributed by atoms with Crippen LogP contribution in [0.3, 0.4) is 0 Å². The summed E-state index contributed by atoms with van der Waals surface area (Å²) in [6, 6.07) is 6.26. The minimum atomic E-state index is -0.333. The number of para-hydroxylation sites is 1. The van der Waals surface area contributed by atoms with E-state index in [1.54, 1.807) is 0 Å². The summed E-state index contributed by atoms with van der Waals surface area (Å²) in [6.45, 7) is 12.5. The van der Waals surface area contributed by atoms with Gasteiger partial charge in [-0.05, 0) is 41.8 Å². The Morgan fingerprint density at radius 1 is 1.25 bits per heavy atom. The molecule has 1 saturated heterocycles. The van der Waals surface area contributed by atoms with Crippen molar-refractivity contribution in [2.24, 2.45) is 5.92 Å². The molecule has 2 unspecified atom stereocenters. The fourth-order valence-electron chi connectivity index (χ4n) is 3.34. The van der Waals surface area contributed by atoms with Gasteiger partial charge in [-0.25, -0.2) is 0 Å². The van der Waals surface area contributed by atoms with Gasteiger partial charge in [0.05, 0.1) is 12.6 Å². The second-order valence-electron chi connectivity index (χ2n) is 7.74. The predicted octanol–water partition coefficient (Wildman–Crippen LogP) is 3.57. The van der Waals surface area contributed by atoms with Crippen LogP contribution >= 0.6 is 0 Å². The maximum atomic E-state index is 12.6. The second-order valence-corrected chi connectivity index (χ2v) is 7.74. The Morgan fingerprint density at radius 2 is 1.83 bits per heavy atom. The number of benzene rings is 1. The van der Waals surface area contributed by atoms with E-state index in [4.69, 9.17) is 0 Å². The molecule has 2 rings (SSSR count). The summed E-state index contributed by atoms with van der Waals surface area (Å²) in [5.74, 6) is 1.04. The van der Waals surface area contributed by atoms with Gasteiger partial charge < -0.3 is 10.4 Å². The van der Waals surface area contributed by atoms with Gasteiger partial charge in [0.25, 0.3) is 0 Å². The Kier molecular flexibility index (Phi) is 6.41. The molecular formula is C20H32N2O2. The zero-order chi connectivity index (χ0) is 17.9. The van der Waals surface area contributed by atoms with Crippen LogP contribution in [0.25, 0.3) is 0 Å². The van der Waals surface area contributed by atoms with E-state index >= 15 is 0 Å². The van der Waals surface area contributed by atoms with Crippen LogP contribution in [-0.2, 0) is 4.79 Å². The highest BCUT2D eigenvalue weighted by Crippen LogP contribution is 2.32. The second kappa shape index (κ2) is 8.13. The molecule has 1 fully saturated rings. The average molecular weight is 332 g/mol. The molecule has 24 heavy (non-hydrogen) atoms. The van der Waals surface area contributed by atoms with Gasteiger partial charge in [0.2, 0.25) is 5.91 Å². The van der Waals surface area contributed by atoms with Crippen LogP contribution < -0.4 is 5.32 Å². The van der Waals surface area contributed by atoms with Crippen molar-refractivity contribution < 1.29 is 9.90 Å². The highest BCUT2D eigenvalue weighted by molar-refractivity contribution is 5.94. The van der Waals surface area contributed by atoms with Crippen LogP contribution in [0, 0.1) is 5.92 Å². The van der Waals surface area contributed by atoms with Gasteiger partial charge in [0.15, 0.2) is 0 Å². The standard InChI is InChI=1S/C20H32N2O2/c1-13(2)16-7-6-8-17(14(3)4)20(16)21-19(24)12-22-10-9-15(5)18(23)11-22/h6-8,13-15,18,23H,9-12H2,1-5H3,(H,21,24). The maximum absolute atomic E-state index is 12.6. The third-order valence-corrected chi connectivity index (χ3v) is 5.01. The topological polar surface area (TPSA) is 52.6 Å². The largest absolute Gasteiger partial charge is 0.392 e. The highest BCUT2D eigenvalue weighted by Gasteiger charge is 2.26. The normalized spacial score (nSPS) is 22.2. The fourth-order valence-corrected chi connectivity index (χ4v) is 3.34. The zero-order valence-corrected chi connectivity index (χ0v) is 15.7. The van der Waals surface area contributed by atoms with Crippen molar-refractivity contribution in [1.29, 1.82) is 0 Å². The number of carbonyl (C=O) groups is 1. The van der Waals surface area contributed by atoms with E-state index in [9.17, 15) is 9.90 Å². The number of hydrogen-bond acceptors (Lipinski definition) is 3. The smallest absolute Gasteiger partial charge is 0.238 e. The third kappa shape index (κ3) is 4.58. The molecule has 2 N–H and O–H groups in total. The quantitative estimate of drug-likeness (QED) is 0.866. The van der Waals surface area contributed by atoms with Crippen LogP contribution in [0.5, 0.6) is 0 Å². The molecule has 4 nitrogen and oxygen atoms in total. The molecule has 0 aliphatic carbocycles. The van der Waals surface area contributed by atoms with Crippen LogP contribution in [-0.4, -0.2) is 41.7 Å². The SMILES string of the molecule is CC(C)c1cccc(C(C)C)c1NC(=O)CN1CCC(C)C(O)C1. The van der Waals surface area contributed by atoms with E-state index in [-0.39, 0.29) is 12.0 Å². The van der Waals surface area contributed by atoms with Gasteiger partial charge in [-0.2, -0.15) is 0 Å². The molecule has 1 aromatic rings. The Hall–Kier alpha value is -1.39. The fraction of sp³-hybridized carbons (Fsp3) is 0.650. The molecule has 1 aliphatic heterocycles. The van der Waals surface area contributed by atoms with Crippen molar-refractivity contribution in [3.05, 3.63) is 29.3 Å². The van der Waals surface area contributed by atoms with E-state index in [0.717, 1.165) is 18.7 Å². The Morgan fingerprint density at radius 3 is 2.33 bits per heavy atom. The maximum Gasteiger partial charge on any atom is 0.238 e. The summed E-state index contributed by atoms with van der Waals surface area (Å²) in [5.41, 5.74) is 3.34. The Bertz CT molecular complexity index is 543. The number of rotatable bonds is 5. The number of amides is 1. The number of piperidine rings is 1. The summed E-state index contributed by atoms with van der Waals surface area (Å²) in [5, 5.41) is 13.2. The van der Waals surface area contributed by atoms with Gasteiger partial charge in [-0.1, -0.05) is 52.8 Å². The molecule has 2 atom stereocenters. The molecule has 1 aromatic carbocycles. The predicted molar refractivity (Wildman–Crippen MR) is 99.5 cm³/mol. The summed E-state index contributed by atoms with van der Waals surface area (Å²) in [4.78, 5) is 14.6. The first-order valence-electron chi connectivity index (χ1n) is 9.12. The van der Waals surface area contributed by atoms with E-state index in [1.807, 2.05) is 4.90 Å². The minimum Gasteiger partial charge on any atom is -0.392 e. The summed E-state index contributed by atoms with van der Waals surface area (Å²) < 4.78 is 0. The molecule has 0 radical (unpaired) electrons. The van der Waals surface area contributed by atoms with Gasteiger partial charge in [0.1, 0.15) is 0 Å². The molecule has 1 heterocycles. The number of aliphatic hydroxyl groups excluding tert-OH is 1. The molecular weight excluding hydrogens is 300 g/mol. The molecule has 1 aliphatic rings. The highest BCUT2D eigenvalue weighted by atomic mass is 16.3. The lowest BCUT2D eigenvalue weighted by atomic mass is 9.92. The van der Waals surface area contributed by atoms with Crippen molar-refractivity contribution in [2.75, 3.05) is 25.0 Å². The minimum absolute atomic E-state index is 0.00625. The van der Waals surface area contributed by atoms with Gasteiger partial charge in [0, 0.05) is 12.2 Å². The molecule has 4 heteroatoms. The van der Waals surface area contributed by atoms with Crippen LogP contribution in [0.2, 0.25) is 0 Å². The van der Waals surface area contributed by atoms with Gasteiger partial charge in [-0.15, -0.1) is 0 Å². The monoisotopic (exact) mass is 332 g/mol. The molecule has 0 bridgehead atoms. The lowest BCUT2D eigenvalue weighted by Crippen LogP contribution is -2.45. The van der Waals surface area contributed by atoms with Crippen molar-refractivity contribution in [1.82, 2.24) is 4.90 Å². The van der Waals surface area contributed by atoms with E-state index < -0.39 is 0 Å². The molecule has 134 valence electrons. The molecule has 0 saturated carbocycles. The summed E-state index contributed by atoms with van der Waals surface area (Å²) >= 11 is 0. The molecule has 0 spiro atoms. The van der Waals surface area contributed by atoms with E-state index in [2.05, 4.69) is 58.1 Å². The lowest BCUT2D eigenvalue weighted by Gasteiger charge is -2.33. The first kappa shape index (κ1) is 18.9. The van der Waals surface area contributed by atoms with E-state index in [0.29, 0.717) is 30.8 Å². The van der Waals surface area contributed by atoms with Crippen LogP contribution in [0.1, 0.15) is 64.0 Å². The number of hydrogen-bond donors (Lipinski definition) is 2. The number of nitrogens with zero attached hydrogens (tertiary/aromatic N) is 1. The number of aliphatic hydroxyl groups is 1. The Labute approximate surface area is 146 Å². The number of β-amino-alcohol motifs (C(OH)–C–C–N with tert-alkyl or cyclic N) is 1. The number of likely N-dealkylation sites (tertiary alicyclic amines) is 1. The van der Waals surface area contributed by atoms with Crippen LogP contribution in [0.15, 0.2) is 18.2 Å². The van der Waals surface area contributed by atoms with Crippen molar-refractivity contribution in [3.8, 4) is 0 Å². The van der Waals surface area contributed by atoms with Crippen LogP contribution in [0.4, 0.5) is 5.69 Å². The average Bonchev–Trinajstić information content (AvgIpc) is 2.50. The summed E-state index contributed by atoms with van der Waals surface area (Å²) in [6.07, 6.45) is 0.606. The Balaban J connectivity index is 2.11. The van der Waals surface area contributed by atoms with Crippen molar-refractivity contribution in [2.45, 2.75) is 59.0 Å². The number of anilines is 1. The number of nitrogens with one attached hydrogen (secondary N) is 1. The van der Waals surface area contributed by atoms with Gasteiger partial charge in [-0.3, -0.25) is 9.69 Å². The van der Waals surface area contributed by atoms with Crippen molar-refractivity contribution in [3.63, 3.8) is 0 Å². The van der Waals surface area contributed by atoms with Gasteiger partial charge >= 0.3 is 0 Å². The number of carbonyl (C=O) groups excluding carboxylic acids is 1.